The number of benzene rings is 2. The predicted molar refractivity (Wildman–Crippen MR) is 105 cm³/mol. The van der Waals surface area contributed by atoms with Crippen molar-refractivity contribution in [3.63, 3.8) is 0 Å². The number of fused-ring (bicyclic) bond motifs is 1. The van der Waals surface area contributed by atoms with E-state index in [4.69, 9.17) is 0 Å². The van der Waals surface area contributed by atoms with E-state index in [2.05, 4.69) is 66.5 Å². The molecule has 2 aliphatic rings. The molecule has 0 radical (unpaired) electrons. The van der Waals surface area contributed by atoms with E-state index in [1.807, 2.05) is 0 Å². The Labute approximate surface area is 156 Å². The molecule has 136 valence electrons. The lowest BCUT2D eigenvalue weighted by molar-refractivity contribution is -0.133. The van der Waals surface area contributed by atoms with Gasteiger partial charge in [-0.05, 0) is 62.9 Å². The average molecular weight is 348 g/mol. The van der Waals surface area contributed by atoms with Crippen LogP contribution < -0.4 is 5.32 Å². The molecule has 1 spiro atoms. The van der Waals surface area contributed by atoms with Crippen molar-refractivity contribution in [3.8, 4) is 0 Å². The van der Waals surface area contributed by atoms with Crippen LogP contribution in [0.5, 0.6) is 0 Å². The number of likely N-dealkylation sites (tertiary alicyclic amines) is 1. The van der Waals surface area contributed by atoms with Gasteiger partial charge in [-0.25, -0.2) is 0 Å². The summed E-state index contributed by atoms with van der Waals surface area (Å²) in [5.41, 5.74) is 6.42. The van der Waals surface area contributed by atoms with Crippen molar-refractivity contribution in [3.05, 3.63) is 70.3 Å². The quantitative estimate of drug-likeness (QED) is 0.896. The molecule has 2 aliphatic heterocycles. The highest BCUT2D eigenvalue weighted by Gasteiger charge is 2.42. The first-order chi connectivity index (χ1) is 12.5. The fraction of sp³-hybridized carbons (Fsp3) is 0.435. The van der Waals surface area contributed by atoms with E-state index >= 15 is 0 Å². The lowest BCUT2D eigenvalue weighted by Gasteiger charge is -2.40. The van der Waals surface area contributed by atoms with E-state index in [0.717, 1.165) is 38.9 Å². The molecule has 2 aromatic carbocycles. The smallest absolute Gasteiger partial charge is 0.226 e. The zero-order valence-corrected chi connectivity index (χ0v) is 15.8. The monoisotopic (exact) mass is 348 g/mol. The Bertz CT molecular complexity index is 798. The van der Waals surface area contributed by atoms with E-state index in [0.29, 0.717) is 6.54 Å². The first kappa shape index (κ1) is 17.3. The molecule has 1 fully saturated rings. The topological polar surface area (TPSA) is 32.3 Å². The third-order valence-electron chi connectivity index (χ3n) is 6.07. The molecule has 26 heavy (non-hydrogen) atoms. The molecular formula is C23H28N2O. The SMILES string of the molecule is Cc1cc(C)cc(CN2CCC3(CC2)Cc2ccccc2CNC3=O)c1. The summed E-state index contributed by atoms with van der Waals surface area (Å²) < 4.78 is 0. The number of amides is 1. The van der Waals surface area contributed by atoms with Crippen LogP contribution in [0.1, 0.15) is 40.7 Å². The number of nitrogens with zero attached hydrogens (tertiary/aromatic N) is 1. The van der Waals surface area contributed by atoms with Crippen molar-refractivity contribution in [2.75, 3.05) is 13.1 Å². The maximum absolute atomic E-state index is 12.9. The molecule has 0 aromatic heterocycles. The van der Waals surface area contributed by atoms with Gasteiger partial charge >= 0.3 is 0 Å². The Morgan fingerprint density at radius 3 is 2.35 bits per heavy atom. The Morgan fingerprint density at radius 1 is 1.00 bits per heavy atom. The Kier molecular flexibility index (Phi) is 4.58. The van der Waals surface area contributed by atoms with Gasteiger partial charge in [0.2, 0.25) is 5.91 Å². The standard InChI is InChI=1S/C23H28N2O/c1-17-11-18(2)13-19(12-17)16-25-9-7-23(8-10-25)14-20-5-3-4-6-21(20)15-24-22(23)26/h3-6,11-13H,7-10,14-16H2,1-2H3,(H,24,26). The molecule has 0 bridgehead atoms. The first-order valence-electron chi connectivity index (χ1n) is 9.69. The molecule has 2 heterocycles. The summed E-state index contributed by atoms with van der Waals surface area (Å²) in [5.74, 6) is 0.250. The van der Waals surface area contributed by atoms with Crippen LogP contribution in [0.4, 0.5) is 0 Å². The average Bonchev–Trinajstić information content (AvgIpc) is 2.74. The number of piperidine rings is 1. The zero-order chi connectivity index (χ0) is 18.1. The van der Waals surface area contributed by atoms with Crippen LogP contribution in [0, 0.1) is 19.3 Å². The number of nitrogens with one attached hydrogen (secondary N) is 1. The fourth-order valence-electron chi connectivity index (χ4n) is 4.67. The minimum atomic E-state index is -0.231. The van der Waals surface area contributed by atoms with E-state index in [-0.39, 0.29) is 11.3 Å². The maximum Gasteiger partial charge on any atom is 0.226 e. The predicted octanol–water partition coefficient (Wildman–Crippen LogP) is 3.76. The molecule has 0 aliphatic carbocycles. The number of carbonyl (C=O) groups excluding carboxylic acids is 1. The van der Waals surface area contributed by atoms with Gasteiger partial charge in [-0.3, -0.25) is 9.69 Å². The second-order valence-corrected chi connectivity index (χ2v) is 8.18. The van der Waals surface area contributed by atoms with E-state index in [9.17, 15) is 4.79 Å². The fourth-order valence-corrected chi connectivity index (χ4v) is 4.67. The number of rotatable bonds is 2. The van der Waals surface area contributed by atoms with Crippen molar-refractivity contribution in [2.45, 2.75) is 46.2 Å². The third kappa shape index (κ3) is 3.41. The number of hydrogen-bond donors (Lipinski definition) is 1. The molecule has 0 atom stereocenters. The highest BCUT2D eigenvalue weighted by Crippen LogP contribution is 2.38. The normalized spacial score (nSPS) is 19.7. The van der Waals surface area contributed by atoms with Crippen LogP contribution >= 0.6 is 0 Å². The van der Waals surface area contributed by atoms with Gasteiger partial charge in [-0.1, -0.05) is 53.6 Å². The van der Waals surface area contributed by atoms with E-state index < -0.39 is 0 Å². The number of hydrogen-bond acceptors (Lipinski definition) is 2. The van der Waals surface area contributed by atoms with E-state index in [1.165, 1.54) is 27.8 Å². The van der Waals surface area contributed by atoms with Gasteiger partial charge in [-0.15, -0.1) is 0 Å². The van der Waals surface area contributed by atoms with Crippen molar-refractivity contribution in [2.24, 2.45) is 5.41 Å². The van der Waals surface area contributed by atoms with Gasteiger partial charge in [0, 0.05) is 13.1 Å². The minimum Gasteiger partial charge on any atom is -0.352 e. The zero-order valence-electron chi connectivity index (χ0n) is 15.8. The van der Waals surface area contributed by atoms with Crippen LogP contribution in [0.3, 0.4) is 0 Å². The lowest BCUT2D eigenvalue weighted by Crippen LogP contribution is -2.48. The molecule has 1 amide bonds. The molecule has 3 heteroatoms. The molecule has 2 aromatic rings. The summed E-state index contributed by atoms with van der Waals surface area (Å²) >= 11 is 0. The van der Waals surface area contributed by atoms with Crippen molar-refractivity contribution in [1.29, 1.82) is 0 Å². The Morgan fingerprint density at radius 2 is 1.65 bits per heavy atom. The minimum absolute atomic E-state index is 0.231. The van der Waals surface area contributed by atoms with E-state index in [1.54, 1.807) is 0 Å². The second-order valence-electron chi connectivity index (χ2n) is 8.18. The Hall–Kier alpha value is -2.13. The van der Waals surface area contributed by atoms with Gasteiger partial charge in [0.15, 0.2) is 0 Å². The molecule has 0 unspecified atom stereocenters. The van der Waals surface area contributed by atoms with Gasteiger partial charge in [0.05, 0.1) is 5.41 Å². The molecular weight excluding hydrogens is 320 g/mol. The van der Waals surface area contributed by atoms with Crippen LogP contribution in [-0.2, 0) is 24.3 Å². The molecule has 3 nitrogen and oxygen atoms in total. The van der Waals surface area contributed by atoms with Crippen LogP contribution in [0.2, 0.25) is 0 Å². The maximum atomic E-state index is 12.9. The number of carbonyl (C=O) groups is 1. The van der Waals surface area contributed by atoms with Crippen LogP contribution in [-0.4, -0.2) is 23.9 Å². The van der Waals surface area contributed by atoms with Gasteiger partial charge < -0.3 is 5.32 Å². The van der Waals surface area contributed by atoms with Crippen LogP contribution in [0.25, 0.3) is 0 Å². The first-order valence-corrected chi connectivity index (χ1v) is 9.69. The third-order valence-corrected chi connectivity index (χ3v) is 6.07. The molecule has 1 saturated heterocycles. The summed E-state index contributed by atoms with van der Waals surface area (Å²) in [6, 6.07) is 15.3. The summed E-state index contributed by atoms with van der Waals surface area (Å²) in [7, 11) is 0. The lowest BCUT2D eigenvalue weighted by atomic mass is 9.73. The van der Waals surface area contributed by atoms with Gasteiger partial charge in [0.1, 0.15) is 0 Å². The van der Waals surface area contributed by atoms with Crippen LogP contribution in [0.15, 0.2) is 42.5 Å². The highest BCUT2D eigenvalue weighted by atomic mass is 16.2. The molecule has 1 N–H and O–H groups in total. The van der Waals surface area contributed by atoms with Gasteiger partial charge in [-0.2, -0.15) is 0 Å². The van der Waals surface area contributed by atoms with Gasteiger partial charge in [0.25, 0.3) is 0 Å². The molecule has 0 saturated carbocycles. The van der Waals surface area contributed by atoms with Crippen molar-refractivity contribution in [1.82, 2.24) is 10.2 Å². The summed E-state index contributed by atoms with van der Waals surface area (Å²) in [6.45, 7) is 7.95. The molecule has 4 rings (SSSR count). The summed E-state index contributed by atoms with van der Waals surface area (Å²) in [6.07, 6.45) is 2.77. The summed E-state index contributed by atoms with van der Waals surface area (Å²) in [5, 5.41) is 3.18. The Balaban J connectivity index is 1.47. The largest absolute Gasteiger partial charge is 0.352 e. The highest BCUT2D eigenvalue weighted by molar-refractivity contribution is 5.83. The second kappa shape index (κ2) is 6.88. The van der Waals surface area contributed by atoms with Crippen molar-refractivity contribution < 1.29 is 4.79 Å². The number of aryl methyl sites for hydroxylation is 2. The van der Waals surface area contributed by atoms with Crippen molar-refractivity contribution >= 4 is 5.91 Å². The summed E-state index contributed by atoms with van der Waals surface area (Å²) in [4.78, 5) is 15.4.